The number of methoxy groups -OCH3 is 1. The number of hydrogen-bond acceptors (Lipinski definition) is 4. The van der Waals surface area contributed by atoms with E-state index in [0.29, 0.717) is 23.5 Å². The maximum Gasteiger partial charge on any atom is 0.252 e. The van der Waals surface area contributed by atoms with Crippen molar-refractivity contribution in [2.45, 2.75) is 58.9 Å². The number of thiophene rings is 1. The molecule has 36 heavy (non-hydrogen) atoms. The van der Waals surface area contributed by atoms with Gasteiger partial charge in [-0.25, -0.2) is 4.39 Å². The molecule has 1 heterocycles. The van der Waals surface area contributed by atoms with Crippen LogP contribution in [0.1, 0.15) is 63.8 Å². The molecule has 0 unspecified atom stereocenters. The van der Waals surface area contributed by atoms with Crippen molar-refractivity contribution in [3.8, 4) is 16.9 Å². The topological polar surface area (TPSA) is 55.4 Å². The molecule has 0 saturated heterocycles. The lowest BCUT2D eigenvalue weighted by molar-refractivity contribution is -0.134. The summed E-state index contributed by atoms with van der Waals surface area (Å²) in [5.74, 6) is 0.857. The summed E-state index contributed by atoms with van der Waals surface area (Å²) in [6, 6.07) is 12.7. The van der Waals surface area contributed by atoms with Gasteiger partial charge in [-0.1, -0.05) is 24.3 Å². The fourth-order valence-electron chi connectivity index (χ4n) is 6.10. The van der Waals surface area contributed by atoms with Crippen molar-refractivity contribution in [2.75, 3.05) is 7.11 Å². The van der Waals surface area contributed by atoms with Crippen LogP contribution < -0.4 is 10.1 Å². The Morgan fingerprint density at radius 1 is 1.06 bits per heavy atom. The van der Waals surface area contributed by atoms with Crippen molar-refractivity contribution >= 4 is 23.0 Å². The number of nitrogens with one attached hydrogen (secondary N) is 1. The summed E-state index contributed by atoms with van der Waals surface area (Å²) in [7, 11) is 1.58. The molecule has 2 aliphatic carbocycles. The van der Waals surface area contributed by atoms with Crippen LogP contribution in [0.25, 0.3) is 11.1 Å². The van der Waals surface area contributed by atoms with Crippen molar-refractivity contribution in [2.24, 2.45) is 11.3 Å². The predicted octanol–water partition coefficient (Wildman–Crippen LogP) is 6.65. The molecule has 0 bridgehead atoms. The predicted molar refractivity (Wildman–Crippen MR) is 141 cm³/mol. The first kappa shape index (κ1) is 24.7. The Labute approximate surface area is 215 Å². The van der Waals surface area contributed by atoms with Gasteiger partial charge in [-0.05, 0) is 93.2 Å². The quantitative estimate of drug-likeness (QED) is 0.391. The van der Waals surface area contributed by atoms with Gasteiger partial charge < -0.3 is 10.1 Å². The molecular weight excluding hydrogens is 473 g/mol. The lowest BCUT2D eigenvalue weighted by Crippen LogP contribution is -2.57. The van der Waals surface area contributed by atoms with Crippen molar-refractivity contribution in [3.63, 3.8) is 0 Å². The molecule has 6 heteroatoms. The van der Waals surface area contributed by atoms with Crippen LogP contribution in [0.4, 0.5) is 4.39 Å². The lowest BCUT2D eigenvalue weighted by atomic mass is 9.49. The lowest BCUT2D eigenvalue weighted by Gasteiger charge is -2.57. The fraction of sp³-hybridized carbons (Fsp3) is 0.400. The van der Waals surface area contributed by atoms with Gasteiger partial charge in [0.15, 0.2) is 0 Å². The van der Waals surface area contributed by atoms with Crippen LogP contribution in [0.15, 0.2) is 42.5 Å². The summed E-state index contributed by atoms with van der Waals surface area (Å²) < 4.78 is 19.2. The highest BCUT2D eigenvalue weighted by molar-refractivity contribution is 7.12. The minimum atomic E-state index is -0.303. The molecular formula is C30H32FNO3S. The summed E-state index contributed by atoms with van der Waals surface area (Å²) in [5.41, 5.74) is 4.84. The molecule has 4 nitrogen and oxygen atoms in total. The van der Waals surface area contributed by atoms with E-state index in [0.717, 1.165) is 57.7 Å². The molecule has 1 N–H and O–H groups in total. The minimum absolute atomic E-state index is 0.00950. The average Bonchev–Trinajstić information content (AvgIpc) is 3.07. The third kappa shape index (κ3) is 4.59. The van der Waals surface area contributed by atoms with Crippen molar-refractivity contribution < 1.29 is 18.7 Å². The molecule has 0 aliphatic heterocycles. The maximum absolute atomic E-state index is 13.8. The highest BCUT2D eigenvalue weighted by Gasteiger charge is 2.54. The number of benzene rings is 2. The molecule has 1 amide bonds. The van der Waals surface area contributed by atoms with E-state index in [-0.39, 0.29) is 29.1 Å². The first-order valence-corrected chi connectivity index (χ1v) is 13.3. The number of rotatable bonds is 7. The van der Waals surface area contributed by atoms with Crippen LogP contribution in [-0.2, 0) is 11.2 Å². The number of amides is 1. The van der Waals surface area contributed by atoms with Gasteiger partial charge in [0, 0.05) is 27.3 Å². The van der Waals surface area contributed by atoms with Crippen molar-refractivity contribution in [3.05, 3.63) is 74.7 Å². The molecule has 1 spiro atoms. The van der Waals surface area contributed by atoms with E-state index < -0.39 is 0 Å². The molecule has 2 aromatic carbocycles. The third-order valence-electron chi connectivity index (χ3n) is 8.05. The first-order valence-electron chi connectivity index (χ1n) is 12.5. The Kier molecular flexibility index (Phi) is 6.50. The van der Waals surface area contributed by atoms with E-state index in [2.05, 4.69) is 12.2 Å². The van der Waals surface area contributed by atoms with Crippen molar-refractivity contribution in [1.82, 2.24) is 5.32 Å². The van der Waals surface area contributed by atoms with Gasteiger partial charge in [0.25, 0.3) is 5.91 Å². The van der Waals surface area contributed by atoms with E-state index in [1.807, 2.05) is 31.2 Å². The highest BCUT2D eigenvalue weighted by atomic mass is 32.1. The second-order valence-corrected chi connectivity index (χ2v) is 12.0. The Bertz CT molecular complexity index is 1310. The summed E-state index contributed by atoms with van der Waals surface area (Å²) in [5, 5.41) is 3.26. The zero-order chi connectivity index (χ0) is 25.6. The van der Waals surface area contributed by atoms with E-state index in [4.69, 9.17) is 4.74 Å². The summed E-state index contributed by atoms with van der Waals surface area (Å²) in [6.45, 7) is 5.77. The number of Topliss-reactive ketones (excluding diaryl/α,β-unsaturated/α-hetero) is 1. The van der Waals surface area contributed by atoms with Crippen LogP contribution in [-0.4, -0.2) is 24.8 Å². The normalized spacial score (nSPS) is 22.6. The van der Waals surface area contributed by atoms with Gasteiger partial charge in [-0.15, -0.1) is 11.3 Å². The highest BCUT2D eigenvalue weighted by Crippen LogP contribution is 2.58. The SMILES string of the molecule is COc1ccc(F)cc1-c1ccc(Cc2c(C)sc(C)c2C(=O)NC2CC3(C2)CC(C(C)=O)C3)cc1. The third-order valence-corrected chi connectivity index (χ3v) is 9.11. The van der Waals surface area contributed by atoms with Crippen LogP contribution in [0.5, 0.6) is 5.75 Å². The van der Waals surface area contributed by atoms with Gasteiger partial charge in [0.05, 0.1) is 12.7 Å². The van der Waals surface area contributed by atoms with E-state index in [1.54, 1.807) is 31.4 Å². The standard InChI is InChI=1S/C30H32FNO3S/c1-17(33)22-13-30(14-22)15-24(16-30)32-29(34)28-19(3)36-18(2)25(28)11-20-5-7-21(8-6-20)26-12-23(31)9-10-27(26)35-4/h5-10,12,22,24H,11,13-16H2,1-4H3,(H,32,34). The molecule has 2 aliphatic rings. The van der Waals surface area contributed by atoms with Crippen LogP contribution in [0, 0.1) is 31.0 Å². The number of ether oxygens (including phenoxy) is 1. The molecule has 0 atom stereocenters. The Hall–Kier alpha value is -2.99. The average molecular weight is 506 g/mol. The van der Waals surface area contributed by atoms with Gasteiger partial charge in [-0.2, -0.15) is 0 Å². The van der Waals surface area contributed by atoms with Gasteiger partial charge in [0.2, 0.25) is 0 Å². The molecule has 2 fully saturated rings. The van der Waals surface area contributed by atoms with Crippen LogP contribution in [0.2, 0.25) is 0 Å². The molecule has 0 radical (unpaired) electrons. The molecule has 2 saturated carbocycles. The molecule has 1 aromatic heterocycles. The Balaban J connectivity index is 1.28. The van der Waals surface area contributed by atoms with Crippen molar-refractivity contribution in [1.29, 1.82) is 0 Å². The monoisotopic (exact) mass is 505 g/mol. The van der Waals surface area contributed by atoms with Gasteiger partial charge in [-0.3, -0.25) is 9.59 Å². The second kappa shape index (κ2) is 9.47. The molecule has 188 valence electrons. The van der Waals surface area contributed by atoms with E-state index in [1.165, 1.54) is 12.1 Å². The number of aryl methyl sites for hydroxylation is 2. The number of hydrogen-bond donors (Lipinski definition) is 1. The molecule has 5 rings (SSSR count). The smallest absolute Gasteiger partial charge is 0.252 e. The largest absolute Gasteiger partial charge is 0.496 e. The van der Waals surface area contributed by atoms with E-state index in [9.17, 15) is 14.0 Å². The van der Waals surface area contributed by atoms with Crippen LogP contribution in [0.3, 0.4) is 0 Å². The first-order chi connectivity index (χ1) is 17.2. The van der Waals surface area contributed by atoms with E-state index >= 15 is 0 Å². The summed E-state index contributed by atoms with van der Waals surface area (Å²) >= 11 is 1.67. The number of halogens is 1. The van der Waals surface area contributed by atoms with Gasteiger partial charge >= 0.3 is 0 Å². The second-order valence-electron chi connectivity index (χ2n) is 10.6. The number of carbonyl (C=O) groups is 2. The summed E-state index contributed by atoms with van der Waals surface area (Å²) in [4.78, 5) is 27.1. The minimum Gasteiger partial charge on any atom is -0.496 e. The fourth-order valence-corrected chi connectivity index (χ4v) is 7.18. The number of carbonyl (C=O) groups excluding carboxylic acids is 2. The zero-order valence-electron chi connectivity index (χ0n) is 21.2. The number of ketones is 1. The van der Waals surface area contributed by atoms with Crippen LogP contribution >= 0.6 is 11.3 Å². The Morgan fingerprint density at radius 3 is 2.39 bits per heavy atom. The maximum atomic E-state index is 13.8. The van der Waals surface area contributed by atoms with Gasteiger partial charge in [0.1, 0.15) is 17.3 Å². The Morgan fingerprint density at radius 2 is 1.75 bits per heavy atom. The zero-order valence-corrected chi connectivity index (χ0v) is 22.1. The molecule has 3 aromatic rings. The summed E-state index contributed by atoms with van der Waals surface area (Å²) in [6.07, 6.45) is 4.58.